The third kappa shape index (κ3) is 1.97. The summed E-state index contributed by atoms with van der Waals surface area (Å²) in [7, 11) is 0. The van der Waals surface area contributed by atoms with Crippen LogP contribution in [0.2, 0.25) is 0 Å². The van der Waals surface area contributed by atoms with E-state index >= 15 is 0 Å². The molecule has 1 N–H and O–H groups in total. The summed E-state index contributed by atoms with van der Waals surface area (Å²) in [5.41, 5.74) is -0.651. The first-order valence-corrected chi connectivity index (χ1v) is 8.35. The third-order valence-electron chi connectivity index (χ3n) is 6.58. The number of ketones is 1. The molecule has 0 heterocycles. The number of carbonyl (C=O) groups is 2. The van der Waals surface area contributed by atoms with Gasteiger partial charge in [-0.15, -0.1) is 0 Å². The van der Waals surface area contributed by atoms with E-state index < -0.39 is 5.41 Å². The summed E-state index contributed by atoms with van der Waals surface area (Å²) in [4.78, 5) is 25.6. The number of hydrogen-bond acceptors (Lipinski definition) is 3. The van der Waals surface area contributed by atoms with Crippen LogP contribution in [0.5, 0.6) is 5.75 Å². The lowest BCUT2D eigenvalue weighted by Gasteiger charge is -2.38. The van der Waals surface area contributed by atoms with E-state index in [0.29, 0.717) is 24.5 Å². The Bertz CT molecular complexity index is 666. The molecule has 0 unspecified atom stereocenters. The van der Waals surface area contributed by atoms with Crippen LogP contribution in [0.25, 0.3) is 0 Å². The summed E-state index contributed by atoms with van der Waals surface area (Å²) in [6.45, 7) is 8.61. The second kappa shape index (κ2) is 5.08. The number of fused-ring (bicyclic) bond motifs is 2. The van der Waals surface area contributed by atoms with Crippen molar-refractivity contribution in [2.45, 2.75) is 47.0 Å². The predicted molar refractivity (Wildman–Crippen MR) is 89.4 cm³/mol. The number of benzene rings is 1. The van der Waals surface area contributed by atoms with Crippen molar-refractivity contribution >= 4 is 17.4 Å². The largest absolute Gasteiger partial charge is 0.492 e. The van der Waals surface area contributed by atoms with Gasteiger partial charge in [0.2, 0.25) is 5.91 Å². The molecule has 2 bridgehead atoms. The molecule has 4 heteroatoms. The molecule has 2 aliphatic rings. The summed E-state index contributed by atoms with van der Waals surface area (Å²) in [6.07, 6.45) is 1.91. The number of anilines is 1. The van der Waals surface area contributed by atoms with Gasteiger partial charge in [0.1, 0.15) is 11.5 Å². The average molecular weight is 315 g/mol. The van der Waals surface area contributed by atoms with Crippen molar-refractivity contribution in [3.05, 3.63) is 24.3 Å². The Morgan fingerprint density at radius 1 is 1.22 bits per heavy atom. The zero-order valence-electron chi connectivity index (χ0n) is 14.4. The van der Waals surface area contributed by atoms with Crippen molar-refractivity contribution in [2.24, 2.45) is 16.2 Å². The van der Waals surface area contributed by atoms with Crippen LogP contribution < -0.4 is 10.1 Å². The van der Waals surface area contributed by atoms with Gasteiger partial charge >= 0.3 is 0 Å². The molecule has 2 aliphatic carbocycles. The smallest absolute Gasteiger partial charge is 0.231 e. The maximum absolute atomic E-state index is 13.1. The van der Waals surface area contributed by atoms with E-state index in [4.69, 9.17) is 4.74 Å². The number of rotatable bonds is 4. The van der Waals surface area contributed by atoms with Crippen LogP contribution in [0, 0.1) is 16.2 Å². The van der Waals surface area contributed by atoms with Gasteiger partial charge in [-0.3, -0.25) is 9.59 Å². The van der Waals surface area contributed by atoms with Gasteiger partial charge in [0.25, 0.3) is 0 Å². The van der Waals surface area contributed by atoms with Crippen LogP contribution in [-0.2, 0) is 9.59 Å². The quantitative estimate of drug-likeness (QED) is 0.919. The fraction of sp³-hybridized carbons (Fsp3) is 0.579. The average Bonchev–Trinajstić information content (AvgIpc) is 2.80. The monoisotopic (exact) mass is 315 g/mol. The van der Waals surface area contributed by atoms with Crippen molar-refractivity contribution in [3.8, 4) is 5.75 Å². The third-order valence-corrected chi connectivity index (χ3v) is 6.58. The molecular weight excluding hydrogens is 290 g/mol. The number of hydrogen-bond donors (Lipinski definition) is 1. The molecule has 1 amide bonds. The van der Waals surface area contributed by atoms with Gasteiger partial charge in [-0.05, 0) is 37.3 Å². The van der Waals surface area contributed by atoms with Gasteiger partial charge in [0.05, 0.1) is 17.7 Å². The molecule has 0 spiro atoms. The Hall–Kier alpha value is -1.84. The van der Waals surface area contributed by atoms with E-state index in [2.05, 4.69) is 19.2 Å². The highest BCUT2D eigenvalue weighted by Gasteiger charge is 2.72. The summed E-state index contributed by atoms with van der Waals surface area (Å²) in [5.74, 6) is 0.842. The molecule has 1 aromatic carbocycles. The van der Waals surface area contributed by atoms with Crippen molar-refractivity contribution in [1.82, 2.24) is 0 Å². The second-order valence-electron chi connectivity index (χ2n) is 7.52. The number of ether oxygens (including phenoxy) is 1. The first kappa shape index (κ1) is 16.0. The lowest BCUT2D eigenvalue weighted by molar-refractivity contribution is -0.131. The van der Waals surface area contributed by atoms with Gasteiger partial charge in [0, 0.05) is 11.8 Å². The van der Waals surface area contributed by atoms with Gasteiger partial charge < -0.3 is 10.1 Å². The SMILES string of the molecule is CCOc1ccccc1NC(=O)[C@]12CC[C@](C)(C(=O)C1)C2(C)C. The lowest BCUT2D eigenvalue weighted by atomic mass is 9.64. The summed E-state index contributed by atoms with van der Waals surface area (Å²) in [5, 5.41) is 3.03. The molecular formula is C19H25NO3. The van der Waals surface area contributed by atoms with Crippen molar-refractivity contribution in [3.63, 3.8) is 0 Å². The molecule has 0 radical (unpaired) electrons. The van der Waals surface area contributed by atoms with Crippen LogP contribution in [0.15, 0.2) is 24.3 Å². The summed E-state index contributed by atoms with van der Waals surface area (Å²) < 4.78 is 5.59. The molecule has 1 aromatic rings. The molecule has 3 rings (SSSR count). The highest BCUT2D eigenvalue weighted by atomic mass is 16.5. The molecule has 2 atom stereocenters. The number of nitrogens with one attached hydrogen (secondary N) is 1. The molecule has 124 valence electrons. The van der Waals surface area contributed by atoms with E-state index in [9.17, 15) is 9.59 Å². The van der Waals surface area contributed by atoms with E-state index in [1.807, 2.05) is 38.1 Å². The van der Waals surface area contributed by atoms with E-state index in [-0.39, 0.29) is 22.5 Å². The van der Waals surface area contributed by atoms with Gasteiger partial charge in [-0.2, -0.15) is 0 Å². The summed E-state index contributed by atoms with van der Waals surface area (Å²) in [6, 6.07) is 7.45. The number of para-hydroxylation sites is 2. The van der Waals surface area contributed by atoms with Gasteiger partial charge in [0.15, 0.2) is 0 Å². The molecule has 4 nitrogen and oxygen atoms in total. The van der Waals surface area contributed by atoms with Crippen molar-refractivity contribution in [1.29, 1.82) is 0 Å². The Labute approximate surface area is 137 Å². The molecule has 2 fully saturated rings. The zero-order chi connectivity index (χ0) is 16.9. The van der Waals surface area contributed by atoms with Gasteiger partial charge in [-0.1, -0.05) is 32.9 Å². The van der Waals surface area contributed by atoms with E-state index in [1.54, 1.807) is 0 Å². The van der Waals surface area contributed by atoms with Crippen LogP contribution in [0.4, 0.5) is 5.69 Å². The fourth-order valence-corrected chi connectivity index (χ4v) is 4.45. The van der Waals surface area contributed by atoms with Crippen molar-refractivity contribution < 1.29 is 14.3 Å². The minimum atomic E-state index is -0.613. The van der Waals surface area contributed by atoms with Crippen LogP contribution >= 0.6 is 0 Å². The van der Waals surface area contributed by atoms with Crippen molar-refractivity contribution in [2.75, 3.05) is 11.9 Å². The normalized spacial score (nSPS) is 31.2. The molecule has 0 saturated heterocycles. The maximum Gasteiger partial charge on any atom is 0.231 e. The van der Waals surface area contributed by atoms with E-state index in [0.717, 1.165) is 12.8 Å². The summed E-state index contributed by atoms with van der Waals surface area (Å²) >= 11 is 0. The first-order chi connectivity index (χ1) is 10.8. The minimum absolute atomic E-state index is 0.0516. The Morgan fingerprint density at radius 2 is 1.91 bits per heavy atom. The highest BCUT2D eigenvalue weighted by Crippen LogP contribution is 2.70. The zero-order valence-corrected chi connectivity index (χ0v) is 14.4. The maximum atomic E-state index is 13.1. The lowest BCUT2D eigenvalue weighted by Crippen LogP contribution is -2.43. The van der Waals surface area contributed by atoms with Crippen LogP contribution in [0.1, 0.15) is 47.0 Å². The second-order valence-corrected chi connectivity index (χ2v) is 7.52. The molecule has 0 aliphatic heterocycles. The standard InChI is InChI=1S/C19H25NO3/c1-5-23-14-9-7-6-8-13(14)20-16(22)19-11-10-18(4,15(21)12-19)17(19,2)3/h6-9H,5,10-12H2,1-4H3,(H,20,22)/t18-,19+/m1/s1. The van der Waals surface area contributed by atoms with Gasteiger partial charge in [-0.25, -0.2) is 0 Å². The highest BCUT2D eigenvalue weighted by molar-refractivity contribution is 6.05. The first-order valence-electron chi connectivity index (χ1n) is 8.35. The predicted octanol–water partition coefficient (Wildman–Crippen LogP) is 3.81. The minimum Gasteiger partial charge on any atom is -0.492 e. The van der Waals surface area contributed by atoms with Crippen LogP contribution in [-0.4, -0.2) is 18.3 Å². The molecule has 23 heavy (non-hydrogen) atoms. The number of amides is 1. The molecule has 2 saturated carbocycles. The fourth-order valence-electron chi connectivity index (χ4n) is 4.45. The number of Topliss-reactive ketones (excluding diaryl/α,β-unsaturated/α-hetero) is 1. The Morgan fingerprint density at radius 3 is 2.48 bits per heavy atom. The number of carbonyl (C=O) groups excluding carboxylic acids is 2. The molecule has 0 aromatic heterocycles. The Balaban J connectivity index is 1.92. The topological polar surface area (TPSA) is 55.4 Å². The Kier molecular flexibility index (Phi) is 3.54. The van der Waals surface area contributed by atoms with E-state index in [1.165, 1.54) is 0 Å². The van der Waals surface area contributed by atoms with Crippen LogP contribution in [0.3, 0.4) is 0 Å².